The first-order valence-corrected chi connectivity index (χ1v) is 9.01. The van der Waals surface area contributed by atoms with E-state index in [-0.39, 0.29) is 5.91 Å². The first kappa shape index (κ1) is 16.8. The normalized spacial score (nSPS) is 15.3. The standard InChI is InChI=1S/C18H22N2O3S/c1-22-16-4-3-15(11-17(16)23-2)18(21)20-8-6-19(7-9-20)12-14-5-10-24-13-14/h3-5,10-11,13H,6-9,12H2,1-2H3/p+1. The van der Waals surface area contributed by atoms with Crippen molar-refractivity contribution in [2.75, 3.05) is 40.4 Å². The van der Waals surface area contributed by atoms with Crippen molar-refractivity contribution < 1.29 is 19.2 Å². The molecule has 6 heteroatoms. The molecule has 1 aromatic carbocycles. The number of methoxy groups -OCH3 is 2. The number of carbonyl (C=O) groups is 1. The Bertz CT molecular complexity index is 680. The minimum atomic E-state index is 0.0607. The molecule has 0 radical (unpaired) electrons. The molecule has 0 atom stereocenters. The molecule has 1 aliphatic heterocycles. The van der Waals surface area contributed by atoms with Gasteiger partial charge in [-0.25, -0.2) is 0 Å². The van der Waals surface area contributed by atoms with Crippen LogP contribution in [0.15, 0.2) is 35.0 Å². The topological polar surface area (TPSA) is 43.2 Å². The van der Waals surface area contributed by atoms with Crippen molar-refractivity contribution in [2.24, 2.45) is 0 Å². The van der Waals surface area contributed by atoms with Gasteiger partial charge in [0.2, 0.25) is 0 Å². The summed E-state index contributed by atoms with van der Waals surface area (Å²) in [7, 11) is 3.17. The number of hydrogen-bond donors (Lipinski definition) is 1. The fraction of sp³-hybridized carbons (Fsp3) is 0.389. The number of hydrogen-bond acceptors (Lipinski definition) is 4. The van der Waals surface area contributed by atoms with Gasteiger partial charge in [0, 0.05) is 11.1 Å². The van der Waals surface area contributed by atoms with Crippen molar-refractivity contribution >= 4 is 17.2 Å². The SMILES string of the molecule is COc1ccc(C(=O)N2CC[NH+](Cc3ccsc3)CC2)cc1OC. The van der Waals surface area contributed by atoms with Crippen LogP contribution in [0.2, 0.25) is 0 Å². The monoisotopic (exact) mass is 347 g/mol. The summed E-state index contributed by atoms with van der Waals surface area (Å²) in [5, 5.41) is 4.32. The quantitative estimate of drug-likeness (QED) is 0.887. The molecule has 1 aliphatic rings. The number of rotatable bonds is 5. The predicted molar refractivity (Wildman–Crippen MR) is 94.2 cm³/mol. The highest BCUT2D eigenvalue weighted by molar-refractivity contribution is 7.07. The third-order valence-electron chi connectivity index (χ3n) is 4.42. The summed E-state index contributed by atoms with van der Waals surface area (Å²) >= 11 is 1.74. The van der Waals surface area contributed by atoms with Gasteiger partial charge in [-0.05, 0) is 35.0 Å². The van der Waals surface area contributed by atoms with Gasteiger partial charge in [0.15, 0.2) is 11.5 Å². The first-order valence-electron chi connectivity index (χ1n) is 8.07. The van der Waals surface area contributed by atoms with Crippen LogP contribution in [-0.2, 0) is 6.54 Å². The third-order valence-corrected chi connectivity index (χ3v) is 5.15. The van der Waals surface area contributed by atoms with Gasteiger partial charge in [0.05, 0.1) is 40.4 Å². The highest BCUT2D eigenvalue weighted by Crippen LogP contribution is 2.28. The first-order chi connectivity index (χ1) is 11.7. The number of nitrogens with zero attached hydrogens (tertiary/aromatic N) is 1. The second-order valence-electron chi connectivity index (χ2n) is 5.92. The smallest absolute Gasteiger partial charge is 0.254 e. The van der Waals surface area contributed by atoms with Crippen molar-refractivity contribution in [2.45, 2.75) is 6.54 Å². The molecule has 2 heterocycles. The molecular formula is C18H23N2O3S+. The Balaban J connectivity index is 1.60. The van der Waals surface area contributed by atoms with E-state index in [1.807, 2.05) is 4.90 Å². The van der Waals surface area contributed by atoms with Gasteiger partial charge in [-0.3, -0.25) is 4.79 Å². The lowest BCUT2D eigenvalue weighted by atomic mass is 10.1. The molecule has 0 saturated carbocycles. The molecule has 5 nitrogen and oxygen atoms in total. The van der Waals surface area contributed by atoms with Gasteiger partial charge in [-0.1, -0.05) is 0 Å². The lowest BCUT2D eigenvalue weighted by Gasteiger charge is -2.32. The van der Waals surface area contributed by atoms with Crippen molar-refractivity contribution in [1.29, 1.82) is 0 Å². The molecule has 1 fully saturated rings. The average Bonchev–Trinajstić information content (AvgIpc) is 3.14. The summed E-state index contributed by atoms with van der Waals surface area (Å²) in [6.07, 6.45) is 0. The van der Waals surface area contributed by atoms with E-state index in [1.54, 1.807) is 43.8 Å². The Labute approximate surface area is 146 Å². The Morgan fingerprint density at radius 3 is 2.54 bits per heavy atom. The molecule has 0 aliphatic carbocycles. The molecule has 1 amide bonds. The molecule has 2 aromatic rings. The Morgan fingerprint density at radius 2 is 1.92 bits per heavy atom. The summed E-state index contributed by atoms with van der Waals surface area (Å²) in [6, 6.07) is 7.52. The van der Waals surface area contributed by atoms with Crippen LogP contribution in [0.5, 0.6) is 11.5 Å². The van der Waals surface area contributed by atoms with E-state index in [2.05, 4.69) is 16.8 Å². The van der Waals surface area contributed by atoms with Crippen LogP contribution in [0.3, 0.4) is 0 Å². The van der Waals surface area contributed by atoms with Crippen LogP contribution < -0.4 is 14.4 Å². The number of ether oxygens (including phenoxy) is 2. The van der Waals surface area contributed by atoms with Crippen LogP contribution in [0.1, 0.15) is 15.9 Å². The summed E-state index contributed by atoms with van der Waals surface area (Å²) in [5.41, 5.74) is 2.03. The molecule has 0 bridgehead atoms. The number of quaternary nitrogens is 1. The van der Waals surface area contributed by atoms with E-state index >= 15 is 0 Å². The van der Waals surface area contributed by atoms with Gasteiger partial charge in [0.25, 0.3) is 5.91 Å². The highest BCUT2D eigenvalue weighted by Gasteiger charge is 2.25. The number of amides is 1. The van der Waals surface area contributed by atoms with Gasteiger partial charge in [-0.2, -0.15) is 11.3 Å². The highest BCUT2D eigenvalue weighted by atomic mass is 32.1. The van der Waals surface area contributed by atoms with Crippen LogP contribution >= 0.6 is 11.3 Å². The molecular weight excluding hydrogens is 324 g/mol. The largest absolute Gasteiger partial charge is 0.493 e. The van der Waals surface area contributed by atoms with Gasteiger partial charge >= 0.3 is 0 Å². The molecule has 1 N–H and O–H groups in total. The van der Waals surface area contributed by atoms with Gasteiger partial charge < -0.3 is 19.3 Å². The van der Waals surface area contributed by atoms with Gasteiger partial charge in [0.1, 0.15) is 6.54 Å². The zero-order chi connectivity index (χ0) is 16.9. The second kappa shape index (κ2) is 7.68. The average molecular weight is 347 g/mol. The van der Waals surface area contributed by atoms with Gasteiger partial charge in [-0.15, -0.1) is 0 Å². The Kier molecular flexibility index (Phi) is 5.37. The molecule has 24 heavy (non-hydrogen) atoms. The second-order valence-corrected chi connectivity index (χ2v) is 6.70. The minimum Gasteiger partial charge on any atom is -0.493 e. The summed E-state index contributed by atoms with van der Waals surface area (Å²) < 4.78 is 10.5. The van der Waals surface area contributed by atoms with E-state index in [4.69, 9.17) is 9.47 Å². The molecule has 3 rings (SSSR count). The van der Waals surface area contributed by atoms with E-state index in [0.29, 0.717) is 17.1 Å². The third kappa shape index (κ3) is 3.71. The maximum Gasteiger partial charge on any atom is 0.254 e. The van der Waals surface area contributed by atoms with Crippen LogP contribution in [0.4, 0.5) is 0 Å². The number of benzene rings is 1. The van der Waals surface area contributed by atoms with Crippen LogP contribution in [-0.4, -0.2) is 51.2 Å². The summed E-state index contributed by atoms with van der Waals surface area (Å²) in [5.74, 6) is 1.29. The number of piperazine rings is 1. The zero-order valence-electron chi connectivity index (χ0n) is 14.1. The Morgan fingerprint density at radius 1 is 1.17 bits per heavy atom. The number of carbonyl (C=O) groups excluding carboxylic acids is 1. The lowest BCUT2D eigenvalue weighted by molar-refractivity contribution is -0.917. The van der Waals surface area contributed by atoms with Crippen LogP contribution in [0, 0.1) is 0 Å². The minimum absolute atomic E-state index is 0.0607. The predicted octanol–water partition coefficient (Wildman–Crippen LogP) is 1.31. The van der Waals surface area contributed by atoms with Crippen molar-refractivity contribution in [3.05, 3.63) is 46.2 Å². The molecule has 0 spiro atoms. The summed E-state index contributed by atoms with van der Waals surface area (Å²) in [4.78, 5) is 16.2. The van der Waals surface area contributed by atoms with Crippen molar-refractivity contribution in [1.82, 2.24) is 4.90 Å². The fourth-order valence-electron chi connectivity index (χ4n) is 3.04. The molecule has 128 valence electrons. The van der Waals surface area contributed by atoms with Crippen LogP contribution in [0.25, 0.3) is 0 Å². The van der Waals surface area contributed by atoms with Crippen molar-refractivity contribution in [3.8, 4) is 11.5 Å². The Hall–Kier alpha value is -2.05. The number of nitrogens with one attached hydrogen (secondary N) is 1. The lowest BCUT2D eigenvalue weighted by Crippen LogP contribution is -3.13. The molecule has 0 unspecified atom stereocenters. The zero-order valence-corrected chi connectivity index (χ0v) is 14.9. The van der Waals surface area contributed by atoms with Crippen molar-refractivity contribution in [3.63, 3.8) is 0 Å². The maximum atomic E-state index is 12.7. The van der Waals surface area contributed by atoms with E-state index in [0.717, 1.165) is 32.7 Å². The van der Waals surface area contributed by atoms with E-state index in [1.165, 1.54) is 10.5 Å². The van der Waals surface area contributed by atoms with E-state index < -0.39 is 0 Å². The van der Waals surface area contributed by atoms with E-state index in [9.17, 15) is 4.79 Å². The number of thiophene rings is 1. The fourth-order valence-corrected chi connectivity index (χ4v) is 3.71. The molecule has 1 aromatic heterocycles. The summed E-state index contributed by atoms with van der Waals surface area (Å²) in [6.45, 7) is 4.57. The maximum absolute atomic E-state index is 12.7. The molecule has 1 saturated heterocycles.